The van der Waals surface area contributed by atoms with Gasteiger partial charge < -0.3 is 11.1 Å². The van der Waals surface area contributed by atoms with Crippen molar-refractivity contribution in [2.45, 2.75) is 30.7 Å². The number of hydrogen-bond acceptors (Lipinski definition) is 4. The molecule has 0 spiro atoms. The molecule has 20 heavy (non-hydrogen) atoms. The first-order chi connectivity index (χ1) is 9.31. The van der Waals surface area contributed by atoms with E-state index in [-0.39, 0.29) is 29.1 Å². The number of hydrogen-bond donors (Lipinski definition) is 2. The number of benzene rings is 1. The first-order valence-electron chi connectivity index (χ1n) is 6.32. The fraction of sp³-hybridized carbons (Fsp3) is 0.462. The van der Waals surface area contributed by atoms with Gasteiger partial charge in [0.1, 0.15) is 0 Å². The van der Waals surface area contributed by atoms with Crippen LogP contribution in [0.5, 0.6) is 0 Å². The van der Waals surface area contributed by atoms with Crippen molar-refractivity contribution in [2.75, 3.05) is 12.3 Å². The molecule has 0 aliphatic heterocycles. The number of rotatable bonds is 7. The van der Waals surface area contributed by atoms with Gasteiger partial charge in [0.2, 0.25) is 5.91 Å². The summed E-state index contributed by atoms with van der Waals surface area (Å²) in [5, 5.41) is 3.06. The summed E-state index contributed by atoms with van der Waals surface area (Å²) in [5.41, 5.74) is 5.54. The van der Waals surface area contributed by atoms with Gasteiger partial charge in [-0.05, 0) is 37.6 Å². The zero-order valence-electron chi connectivity index (χ0n) is 11.3. The summed E-state index contributed by atoms with van der Waals surface area (Å²) < 4.78 is 24.0. The maximum Gasteiger partial charge on any atom is 0.220 e. The van der Waals surface area contributed by atoms with Crippen LogP contribution in [0.1, 0.15) is 19.8 Å². The highest BCUT2D eigenvalue weighted by molar-refractivity contribution is 7.91. The molecule has 0 aliphatic rings. The Morgan fingerprint density at radius 2 is 1.95 bits per heavy atom. The third-order valence-corrected chi connectivity index (χ3v) is 4.68. The van der Waals surface area contributed by atoms with E-state index in [1.807, 2.05) is 6.92 Å². The Bertz CT molecular complexity index is 541. The second-order valence-electron chi connectivity index (χ2n) is 4.64. The van der Waals surface area contributed by atoms with Gasteiger partial charge in [0.15, 0.2) is 9.84 Å². The Kier molecular flexibility index (Phi) is 6.45. The van der Waals surface area contributed by atoms with E-state index in [1.165, 1.54) is 24.3 Å². The van der Waals surface area contributed by atoms with E-state index in [4.69, 9.17) is 17.3 Å². The molecule has 1 unspecified atom stereocenters. The predicted octanol–water partition coefficient (Wildman–Crippen LogP) is 1.36. The van der Waals surface area contributed by atoms with Crippen LogP contribution in [0.15, 0.2) is 29.2 Å². The fourth-order valence-corrected chi connectivity index (χ4v) is 2.81. The van der Waals surface area contributed by atoms with Crippen molar-refractivity contribution in [3.8, 4) is 0 Å². The minimum absolute atomic E-state index is 0.0430. The standard InChI is InChI=1S/C13H19ClN2O3S/c1-10(15)2-7-13(17)16-8-9-20(18,19)12-5-3-11(14)4-6-12/h3-6,10H,2,7-9,15H2,1H3,(H,16,17). The van der Waals surface area contributed by atoms with Gasteiger partial charge in [-0.1, -0.05) is 11.6 Å². The molecular weight excluding hydrogens is 300 g/mol. The van der Waals surface area contributed by atoms with E-state index in [0.29, 0.717) is 17.9 Å². The zero-order valence-corrected chi connectivity index (χ0v) is 12.9. The van der Waals surface area contributed by atoms with Crippen molar-refractivity contribution >= 4 is 27.3 Å². The van der Waals surface area contributed by atoms with Crippen molar-refractivity contribution < 1.29 is 13.2 Å². The lowest BCUT2D eigenvalue weighted by Crippen LogP contribution is -2.30. The topological polar surface area (TPSA) is 89.3 Å². The zero-order chi connectivity index (χ0) is 15.2. The van der Waals surface area contributed by atoms with Gasteiger partial charge in [-0.15, -0.1) is 0 Å². The summed E-state index contributed by atoms with van der Waals surface area (Å²) in [5.74, 6) is -0.327. The Morgan fingerprint density at radius 3 is 2.50 bits per heavy atom. The third-order valence-electron chi connectivity index (χ3n) is 2.69. The van der Waals surface area contributed by atoms with E-state index in [1.54, 1.807) is 0 Å². The van der Waals surface area contributed by atoms with Crippen LogP contribution in [0, 0.1) is 0 Å². The third kappa shape index (κ3) is 5.90. The second-order valence-corrected chi connectivity index (χ2v) is 7.18. The Labute approximate surface area is 124 Å². The maximum absolute atomic E-state index is 12.0. The molecule has 0 aliphatic carbocycles. The number of nitrogens with two attached hydrogens (primary N) is 1. The molecule has 3 N–H and O–H groups in total. The number of sulfone groups is 1. The van der Waals surface area contributed by atoms with Crippen LogP contribution in [-0.4, -0.2) is 32.7 Å². The van der Waals surface area contributed by atoms with Gasteiger partial charge in [0, 0.05) is 24.0 Å². The number of halogens is 1. The van der Waals surface area contributed by atoms with Crippen molar-refractivity contribution in [1.29, 1.82) is 0 Å². The molecular formula is C13H19ClN2O3S. The van der Waals surface area contributed by atoms with E-state index < -0.39 is 9.84 Å². The van der Waals surface area contributed by atoms with E-state index >= 15 is 0 Å². The molecule has 1 amide bonds. The van der Waals surface area contributed by atoms with Crippen molar-refractivity contribution in [2.24, 2.45) is 5.73 Å². The minimum atomic E-state index is -3.40. The highest BCUT2D eigenvalue weighted by Gasteiger charge is 2.14. The number of carbonyl (C=O) groups is 1. The lowest BCUT2D eigenvalue weighted by atomic mass is 10.2. The predicted molar refractivity (Wildman–Crippen MR) is 79.4 cm³/mol. The molecule has 7 heteroatoms. The molecule has 0 radical (unpaired) electrons. The maximum atomic E-state index is 12.0. The summed E-state index contributed by atoms with van der Waals surface area (Å²) in [7, 11) is -3.40. The molecule has 1 rings (SSSR count). The Balaban J connectivity index is 2.44. The van der Waals surface area contributed by atoms with Gasteiger partial charge >= 0.3 is 0 Å². The molecule has 0 saturated carbocycles. The van der Waals surface area contributed by atoms with Crippen LogP contribution >= 0.6 is 11.6 Å². The highest BCUT2D eigenvalue weighted by Crippen LogP contribution is 2.15. The largest absolute Gasteiger partial charge is 0.355 e. The Hall–Kier alpha value is -1.11. The molecule has 0 bridgehead atoms. The smallest absolute Gasteiger partial charge is 0.220 e. The monoisotopic (exact) mass is 318 g/mol. The minimum Gasteiger partial charge on any atom is -0.355 e. The van der Waals surface area contributed by atoms with Crippen LogP contribution in [0.25, 0.3) is 0 Å². The molecule has 1 aromatic carbocycles. The normalized spacial score (nSPS) is 12.9. The molecule has 0 fully saturated rings. The number of nitrogens with one attached hydrogen (secondary N) is 1. The summed E-state index contributed by atoms with van der Waals surface area (Å²) in [4.78, 5) is 11.6. The lowest BCUT2D eigenvalue weighted by molar-refractivity contribution is -0.121. The summed E-state index contributed by atoms with van der Waals surface area (Å²) in [6.07, 6.45) is 0.883. The van der Waals surface area contributed by atoms with Crippen LogP contribution in [0.4, 0.5) is 0 Å². The summed E-state index contributed by atoms with van der Waals surface area (Å²) in [6.45, 7) is 1.90. The molecule has 1 atom stereocenters. The average Bonchev–Trinajstić information content (AvgIpc) is 2.36. The molecule has 0 heterocycles. The highest BCUT2D eigenvalue weighted by atomic mass is 35.5. The average molecular weight is 319 g/mol. The van der Waals surface area contributed by atoms with Crippen LogP contribution < -0.4 is 11.1 Å². The van der Waals surface area contributed by atoms with Gasteiger partial charge in [-0.3, -0.25) is 4.79 Å². The van der Waals surface area contributed by atoms with Gasteiger partial charge in [0.05, 0.1) is 10.6 Å². The van der Waals surface area contributed by atoms with Gasteiger partial charge in [-0.25, -0.2) is 8.42 Å². The van der Waals surface area contributed by atoms with Gasteiger partial charge in [-0.2, -0.15) is 0 Å². The Morgan fingerprint density at radius 1 is 1.35 bits per heavy atom. The van der Waals surface area contributed by atoms with Crippen molar-refractivity contribution in [3.63, 3.8) is 0 Å². The summed E-state index contributed by atoms with van der Waals surface area (Å²) >= 11 is 5.71. The van der Waals surface area contributed by atoms with Crippen molar-refractivity contribution in [1.82, 2.24) is 5.32 Å². The fourth-order valence-electron chi connectivity index (χ4n) is 1.53. The first-order valence-corrected chi connectivity index (χ1v) is 8.35. The van der Waals surface area contributed by atoms with E-state index in [0.717, 1.165) is 0 Å². The SMILES string of the molecule is CC(N)CCC(=O)NCCS(=O)(=O)c1ccc(Cl)cc1. The van der Waals surface area contributed by atoms with E-state index in [2.05, 4.69) is 5.32 Å². The van der Waals surface area contributed by atoms with Crippen LogP contribution in [0.3, 0.4) is 0 Å². The number of amides is 1. The second kappa shape index (κ2) is 7.61. The van der Waals surface area contributed by atoms with Crippen LogP contribution in [0.2, 0.25) is 5.02 Å². The molecule has 1 aromatic rings. The molecule has 0 saturated heterocycles. The lowest BCUT2D eigenvalue weighted by Gasteiger charge is -2.08. The van der Waals surface area contributed by atoms with Gasteiger partial charge in [0.25, 0.3) is 0 Å². The van der Waals surface area contributed by atoms with Crippen molar-refractivity contribution in [3.05, 3.63) is 29.3 Å². The first kappa shape index (κ1) is 16.9. The quantitative estimate of drug-likeness (QED) is 0.794. The number of carbonyl (C=O) groups excluding carboxylic acids is 1. The van der Waals surface area contributed by atoms with E-state index in [9.17, 15) is 13.2 Å². The van der Waals surface area contributed by atoms with Crippen LogP contribution in [-0.2, 0) is 14.6 Å². The molecule has 0 aromatic heterocycles. The summed E-state index contributed by atoms with van der Waals surface area (Å²) in [6, 6.07) is 5.91. The molecule has 5 nitrogen and oxygen atoms in total. The molecule has 112 valence electrons.